The van der Waals surface area contributed by atoms with Crippen LogP contribution in [-0.2, 0) is 9.59 Å². The number of amides is 2. The van der Waals surface area contributed by atoms with Crippen molar-refractivity contribution in [2.75, 3.05) is 44.6 Å². The molecule has 0 radical (unpaired) electrons. The minimum absolute atomic E-state index is 0.0954. The summed E-state index contributed by atoms with van der Waals surface area (Å²) in [5.74, 6) is 0.989. The first-order valence-corrected chi connectivity index (χ1v) is 9.82. The molecule has 1 fully saturated rings. The highest BCUT2D eigenvalue weighted by atomic mass is 16.6. The van der Waals surface area contributed by atoms with Gasteiger partial charge >= 0.3 is 0 Å². The number of fused-ring (bicyclic) bond motifs is 1. The summed E-state index contributed by atoms with van der Waals surface area (Å²) in [4.78, 5) is 28.9. The SMILES string of the molecule is N#Cc1cccc(NC(=O)CN2CCN(C(=O)C3COc4ccccc4O3)CC2)c1. The van der Waals surface area contributed by atoms with Gasteiger partial charge in [0, 0.05) is 31.9 Å². The second kappa shape index (κ2) is 8.84. The standard InChI is InChI=1S/C22H22N4O4/c23-13-16-4-3-5-17(12-16)24-21(27)14-25-8-10-26(11-9-25)22(28)20-15-29-18-6-1-2-7-19(18)30-20/h1-7,12,20H,8-11,14-15H2,(H,24,27). The molecule has 2 amide bonds. The predicted octanol–water partition coefficient (Wildman–Crippen LogP) is 1.48. The van der Waals surface area contributed by atoms with Crippen molar-refractivity contribution >= 4 is 17.5 Å². The zero-order valence-corrected chi connectivity index (χ0v) is 16.4. The maximum absolute atomic E-state index is 12.8. The topological polar surface area (TPSA) is 94.9 Å². The van der Waals surface area contributed by atoms with E-state index in [1.807, 2.05) is 23.1 Å². The third-order valence-electron chi connectivity index (χ3n) is 5.11. The van der Waals surface area contributed by atoms with E-state index in [1.165, 1.54) is 0 Å². The van der Waals surface area contributed by atoms with E-state index >= 15 is 0 Å². The molecule has 1 atom stereocenters. The number of nitriles is 1. The van der Waals surface area contributed by atoms with Crippen molar-refractivity contribution in [3.63, 3.8) is 0 Å². The second-order valence-electron chi connectivity index (χ2n) is 7.21. The van der Waals surface area contributed by atoms with Gasteiger partial charge in [0.25, 0.3) is 5.91 Å². The van der Waals surface area contributed by atoms with E-state index in [1.54, 1.807) is 35.2 Å². The van der Waals surface area contributed by atoms with Gasteiger partial charge in [-0.2, -0.15) is 5.26 Å². The quantitative estimate of drug-likeness (QED) is 0.827. The lowest BCUT2D eigenvalue weighted by Gasteiger charge is -2.36. The van der Waals surface area contributed by atoms with Crippen molar-refractivity contribution in [3.05, 3.63) is 54.1 Å². The van der Waals surface area contributed by atoms with Gasteiger partial charge in [0.1, 0.15) is 6.61 Å². The maximum Gasteiger partial charge on any atom is 0.267 e. The third-order valence-corrected chi connectivity index (χ3v) is 5.11. The van der Waals surface area contributed by atoms with Crippen LogP contribution in [0.4, 0.5) is 5.69 Å². The molecule has 2 aromatic rings. The molecule has 0 aliphatic carbocycles. The van der Waals surface area contributed by atoms with Crippen LogP contribution in [0.25, 0.3) is 0 Å². The number of carbonyl (C=O) groups is 2. The smallest absolute Gasteiger partial charge is 0.267 e. The first-order chi connectivity index (χ1) is 14.6. The predicted molar refractivity (Wildman–Crippen MR) is 109 cm³/mol. The Morgan fingerprint density at radius 2 is 1.83 bits per heavy atom. The summed E-state index contributed by atoms with van der Waals surface area (Å²) < 4.78 is 11.4. The lowest BCUT2D eigenvalue weighted by molar-refractivity contribution is -0.143. The number of nitrogens with one attached hydrogen (secondary N) is 1. The van der Waals surface area contributed by atoms with Gasteiger partial charge in [0.2, 0.25) is 12.0 Å². The van der Waals surface area contributed by atoms with Gasteiger partial charge in [-0.15, -0.1) is 0 Å². The summed E-state index contributed by atoms with van der Waals surface area (Å²) in [6.07, 6.45) is -0.651. The monoisotopic (exact) mass is 406 g/mol. The molecule has 1 saturated heterocycles. The minimum atomic E-state index is -0.651. The van der Waals surface area contributed by atoms with Crippen LogP contribution < -0.4 is 14.8 Å². The lowest BCUT2D eigenvalue weighted by Crippen LogP contribution is -2.54. The first-order valence-electron chi connectivity index (χ1n) is 9.82. The van der Waals surface area contributed by atoms with E-state index in [0.717, 1.165) is 0 Å². The number of nitrogens with zero attached hydrogens (tertiary/aromatic N) is 3. The number of para-hydroxylation sites is 2. The highest BCUT2D eigenvalue weighted by Gasteiger charge is 2.32. The highest BCUT2D eigenvalue weighted by Crippen LogP contribution is 2.31. The molecule has 154 valence electrons. The summed E-state index contributed by atoms with van der Waals surface area (Å²) in [6.45, 7) is 2.67. The van der Waals surface area contributed by atoms with E-state index in [0.29, 0.717) is 48.9 Å². The van der Waals surface area contributed by atoms with Crippen molar-refractivity contribution in [1.82, 2.24) is 9.80 Å². The molecular formula is C22H22N4O4. The van der Waals surface area contributed by atoms with Gasteiger partial charge < -0.3 is 19.7 Å². The molecule has 8 nitrogen and oxygen atoms in total. The van der Waals surface area contributed by atoms with Crippen LogP contribution in [-0.4, -0.2) is 67.0 Å². The molecule has 8 heteroatoms. The Balaban J connectivity index is 1.25. The van der Waals surface area contributed by atoms with Crippen LogP contribution in [0.2, 0.25) is 0 Å². The summed E-state index contributed by atoms with van der Waals surface area (Å²) in [6, 6.07) is 16.2. The zero-order valence-electron chi connectivity index (χ0n) is 16.4. The van der Waals surface area contributed by atoms with Crippen molar-refractivity contribution in [1.29, 1.82) is 5.26 Å². The largest absolute Gasteiger partial charge is 0.485 e. The molecule has 1 N–H and O–H groups in total. The maximum atomic E-state index is 12.8. The molecule has 2 aromatic carbocycles. The molecule has 1 unspecified atom stereocenters. The van der Waals surface area contributed by atoms with Crippen molar-refractivity contribution in [2.24, 2.45) is 0 Å². The summed E-state index contributed by atoms with van der Waals surface area (Å²) in [5, 5.41) is 11.8. The summed E-state index contributed by atoms with van der Waals surface area (Å²) >= 11 is 0. The number of ether oxygens (including phenoxy) is 2. The first kappa shape index (κ1) is 19.7. The molecule has 0 bridgehead atoms. The van der Waals surface area contributed by atoms with E-state index in [9.17, 15) is 9.59 Å². The number of carbonyl (C=O) groups excluding carboxylic acids is 2. The highest BCUT2D eigenvalue weighted by molar-refractivity contribution is 5.92. The molecule has 4 rings (SSSR count). The Labute approximate surface area is 174 Å². The van der Waals surface area contributed by atoms with Crippen molar-refractivity contribution < 1.29 is 19.1 Å². The van der Waals surface area contributed by atoms with E-state index in [-0.39, 0.29) is 25.0 Å². The van der Waals surface area contributed by atoms with Crippen molar-refractivity contribution in [3.8, 4) is 17.6 Å². The average molecular weight is 406 g/mol. The Bertz CT molecular complexity index is 979. The minimum Gasteiger partial charge on any atom is -0.485 e. The van der Waals surface area contributed by atoms with Crippen LogP contribution in [0.5, 0.6) is 11.5 Å². The average Bonchev–Trinajstić information content (AvgIpc) is 2.79. The second-order valence-corrected chi connectivity index (χ2v) is 7.21. The van der Waals surface area contributed by atoms with Crippen LogP contribution in [0.3, 0.4) is 0 Å². The van der Waals surface area contributed by atoms with Crippen LogP contribution in [0.1, 0.15) is 5.56 Å². The van der Waals surface area contributed by atoms with Gasteiger partial charge in [0.15, 0.2) is 11.5 Å². The molecular weight excluding hydrogens is 384 g/mol. The number of anilines is 1. The number of hydrogen-bond acceptors (Lipinski definition) is 6. The number of hydrogen-bond donors (Lipinski definition) is 1. The normalized spacial score (nSPS) is 18.4. The summed E-state index contributed by atoms with van der Waals surface area (Å²) in [7, 11) is 0. The zero-order chi connectivity index (χ0) is 20.9. The molecule has 30 heavy (non-hydrogen) atoms. The Hall–Kier alpha value is -3.57. The number of piperazine rings is 1. The number of benzene rings is 2. The molecule has 0 aromatic heterocycles. The number of rotatable bonds is 4. The van der Waals surface area contributed by atoms with Crippen LogP contribution >= 0.6 is 0 Å². The fourth-order valence-corrected chi connectivity index (χ4v) is 3.54. The summed E-state index contributed by atoms with van der Waals surface area (Å²) in [5.41, 5.74) is 1.10. The van der Waals surface area contributed by atoms with Gasteiger partial charge in [0.05, 0.1) is 18.2 Å². The molecule has 2 aliphatic rings. The van der Waals surface area contributed by atoms with Crippen LogP contribution in [0.15, 0.2) is 48.5 Å². The van der Waals surface area contributed by atoms with Gasteiger partial charge in [-0.3, -0.25) is 14.5 Å². The van der Waals surface area contributed by atoms with E-state index in [4.69, 9.17) is 14.7 Å². The fraction of sp³-hybridized carbons (Fsp3) is 0.318. The lowest BCUT2D eigenvalue weighted by atomic mass is 10.2. The van der Waals surface area contributed by atoms with Gasteiger partial charge in [-0.25, -0.2) is 0 Å². The fourth-order valence-electron chi connectivity index (χ4n) is 3.54. The van der Waals surface area contributed by atoms with E-state index < -0.39 is 6.10 Å². The van der Waals surface area contributed by atoms with Crippen LogP contribution in [0, 0.1) is 11.3 Å². The Morgan fingerprint density at radius 3 is 2.60 bits per heavy atom. The molecule has 0 saturated carbocycles. The van der Waals surface area contributed by atoms with Gasteiger partial charge in [-0.1, -0.05) is 18.2 Å². The molecule has 2 heterocycles. The van der Waals surface area contributed by atoms with E-state index in [2.05, 4.69) is 11.4 Å². The van der Waals surface area contributed by atoms with Gasteiger partial charge in [-0.05, 0) is 30.3 Å². The Kier molecular flexibility index (Phi) is 5.82. The Morgan fingerprint density at radius 1 is 1.07 bits per heavy atom. The molecule has 0 spiro atoms. The molecule has 2 aliphatic heterocycles. The third kappa shape index (κ3) is 4.53. The van der Waals surface area contributed by atoms with Crippen molar-refractivity contribution in [2.45, 2.75) is 6.10 Å².